The van der Waals surface area contributed by atoms with Crippen LogP contribution in [-0.2, 0) is 0 Å². The molecule has 1 amide bonds. The predicted molar refractivity (Wildman–Crippen MR) is 100 cm³/mol. The van der Waals surface area contributed by atoms with Crippen molar-refractivity contribution < 1.29 is 14.4 Å². The van der Waals surface area contributed by atoms with E-state index >= 15 is 0 Å². The number of amides is 1. The average molecular weight is 353 g/mol. The van der Waals surface area contributed by atoms with Crippen LogP contribution in [0, 0.1) is 5.92 Å². The van der Waals surface area contributed by atoms with E-state index in [2.05, 4.69) is 0 Å². The number of likely N-dealkylation sites (tertiary alicyclic amines) is 1. The van der Waals surface area contributed by atoms with Crippen LogP contribution in [0.15, 0.2) is 72.4 Å². The van der Waals surface area contributed by atoms with Crippen molar-refractivity contribution in [3.05, 3.63) is 78.0 Å². The van der Waals surface area contributed by atoms with E-state index in [0.717, 1.165) is 18.4 Å². The van der Waals surface area contributed by atoms with E-state index in [1.54, 1.807) is 17.8 Å². The van der Waals surface area contributed by atoms with Crippen molar-refractivity contribution in [2.45, 2.75) is 12.8 Å². The molecule has 0 aromatic heterocycles. The highest BCUT2D eigenvalue weighted by molar-refractivity contribution is 6.83. The van der Waals surface area contributed by atoms with Gasteiger partial charge in [-0.25, -0.2) is 0 Å². The fourth-order valence-corrected chi connectivity index (χ4v) is 4.52. The van der Waals surface area contributed by atoms with E-state index < -0.39 is 8.56 Å². The van der Waals surface area contributed by atoms with Crippen molar-refractivity contribution in [2.75, 3.05) is 13.1 Å². The topological polar surface area (TPSA) is 60.8 Å². The molecule has 1 fully saturated rings. The largest absolute Gasteiger partial charge is 0.404 e. The SMILES string of the molecule is O=C(c1ccccc1)N1CCC(/C=C/[Si](O)(O)c2ccccc2)CC1. The molecule has 130 valence electrons. The highest BCUT2D eigenvalue weighted by Crippen LogP contribution is 2.20. The molecule has 25 heavy (non-hydrogen) atoms. The third-order valence-corrected chi connectivity index (χ3v) is 6.49. The van der Waals surface area contributed by atoms with Crippen LogP contribution in [-0.4, -0.2) is 42.0 Å². The van der Waals surface area contributed by atoms with Gasteiger partial charge in [0.2, 0.25) is 0 Å². The molecule has 0 saturated carbocycles. The lowest BCUT2D eigenvalue weighted by Crippen LogP contribution is -2.47. The lowest BCUT2D eigenvalue weighted by atomic mass is 9.96. The molecule has 2 aromatic rings. The summed E-state index contributed by atoms with van der Waals surface area (Å²) in [5.41, 5.74) is 2.31. The summed E-state index contributed by atoms with van der Waals surface area (Å²) >= 11 is 0. The second kappa shape index (κ2) is 7.78. The zero-order valence-corrected chi connectivity index (χ0v) is 15.1. The van der Waals surface area contributed by atoms with Gasteiger partial charge in [0.15, 0.2) is 0 Å². The van der Waals surface area contributed by atoms with Gasteiger partial charge in [0, 0.05) is 18.7 Å². The zero-order valence-electron chi connectivity index (χ0n) is 14.1. The first kappa shape index (κ1) is 17.6. The van der Waals surface area contributed by atoms with E-state index in [0.29, 0.717) is 18.3 Å². The Kier molecular flexibility index (Phi) is 5.48. The Bertz CT molecular complexity index is 723. The summed E-state index contributed by atoms with van der Waals surface area (Å²) in [6.45, 7) is 1.39. The van der Waals surface area contributed by atoms with E-state index in [-0.39, 0.29) is 11.8 Å². The standard InChI is InChI=1S/C20H23NO3Si/c22-20(18-7-3-1-4-8-18)21-14-11-17(12-15-21)13-16-25(23,24)19-9-5-2-6-10-19/h1-10,13,16-17,23-24H,11-12,14-15H2/b16-13+. The minimum absolute atomic E-state index is 0.0698. The van der Waals surface area contributed by atoms with Crippen LogP contribution in [0.3, 0.4) is 0 Å². The Morgan fingerprint density at radius 2 is 1.52 bits per heavy atom. The Morgan fingerprint density at radius 3 is 2.12 bits per heavy atom. The zero-order chi connectivity index (χ0) is 17.7. The van der Waals surface area contributed by atoms with Crippen LogP contribution in [0.25, 0.3) is 0 Å². The van der Waals surface area contributed by atoms with Crippen LogP contribution in [0.2, 0.25) is 0 Å². The van der Waals surface area contributed by atoms with E-state index in [4.69, 9.17) is 0 Å². The number of hydrogen-bond acceptors (Lipinski definition) is 3. The molecule has 0 spiro atoms. The Morgan fingerprint density at radius 1 is 0.960 bits per heavy atom. The smallest absolute Gasteiger partial charge is 0.393 e. The molecule has 0 radical (unpaired) electrons. The number of benzene rings is 2. The maximum atomic E-state index is 12.4. The third kappa shape index (κ3) is 4.45. The van der Waals surface area contributed by atoms with Gasteiger partial charge in [-0.05, 0) is 41.8 Å². The van der Waals surface area contributed by atoms with Gasteiger partial charge in [0.1, 0.15) is 0 Å². The first-order chi connectivity index (χ1) is 12.1. The second-order valence-electron chi connectivity index (χ2n) is 6.45. The molecule has 2 N–H and O–H groups in total. The van der Waals surface area contributed by atoms with Gasteiger partial charge < -0.3 is 14.5 Å². The molecule has 3 rings (SSSR count). The molecular weight excluding hydrogens is 330 g/mol. The highest BCUT2D eigenvalue weighted by atomic mass is 28.4. The highest BCUT2D eigenvalue weighted by Gasteiger charge is 2.29. The molecule has 1 saturated heterocycles. The molecule has 0 aliphatic carbocycles. The van der Waals surface area contributed by atoms with Gasteiger partial charge in [-0.2, -0.15) is 0 Å². The predicted octanol–water partition coefficient (Wildman–Crippen LogP) is 1.97. The number of piperidine rings is 1. The summed E-state index contributed by atoms with van der Waals surface area (Å²) in [6, 6.07) is 18.3. The molecule has 4 nitrogen and oxygen atoms in total. The van der Waals surface area contributed by atoms with E-state index in [9.17, 15) is 14.4 Å². The second-order valence-corrected chi connectivity index (χ2v) is 8.81. The van der Waals surface area contributed by atoms with Crippen LogP contribution >= 0.6 is 0 Å². The summed E-state index contributed by atoms with van der Waals surface area (Å²) < 4.78 is 0. The first-order valence-corrected chi connectivity index (χ1v) is 10.6. The van der Waals surface area contributed by atoms with Crippen LogP contribution in [0.5, 0.6) is 0 Å². The number of carbonyl (C=O) groups excluding carboxylic acids is 1. The van der Waals surface area contributed by atoms with Crippen molar-refractivity contribution in [2.24, 2.45) is 5.92 Å². The minimum atomic E-state index is -3.52. The Balaban J connectivity index is 1.57. The van der Waals surface area contributed by atoms with E-state index in [1.807, 2.05) is 59.5 Å². The Hall–Kier alpha value is -2.21. The minimum Gasteiger partial charge on any atom is -0.404 e. The van der Waals surface area contributed by atoms with Crippen molar-refractivity contribution in [1.82, 2.24) is 4.90 Å². The molecule has 2 aromatic carbocycles. The molecule has 1 aliphatic rings. The number of nitrogens with zero attached hydrogens (tertiary/aromatic N) is 1. The van der Waals surface area contributed by atoms with Crippen LogP contribution < -0.4 is 5.19 Å². The van der Waals surface area contributed by atoms with Gasteiger partial charge in [0.05, 0.1) is 0 Å². The van der Waals surface area contributed by atoms with Crippen molar-refractivity contribution in [3.63, 3.8) is 0 Å². The van der Waals surface area contributed by atoms with Gasteiger partial charge in [0.25, 0.3) is 5.91 Å². The number of rotatable bonds is 4. The molecule has 0 unspecified atom stereocenters. The molecular formula is C20H23NO3Si. The van der Waals surface area contributed by atoms with Gasteiger partial charge in [-0.1, -0.05) is 54.6 Å². The van der Waals surface area contributed by atoms with Crippen LogP contribution in [0.1, 0.15) is 23.2 Å². The maximum Gasteiger partial charge on any atom is 0.393 e. The molecule has 5 heteroatoms. The normalized spacial score (nSPS) is 16.3. The summed E-state index contributed by atoms with van der Waals surface area (Å²) in [5, 5.41) is 0.586. The van der Waals surface area contributed by atoms with Gasteiger partial charge >= 0.3 is 8.56 Å². The average Bonchev–Trinajstić information content (AvgIpc) is 2.68. The lowest BCUT2D eigenvalue weighted by molar-refractivity contribution is 0.0705. The quantitative estimate of drug-likeness (QED) is 0.826. The molecule has 0 bridgehead atoms. The van der Waals surface area contributed by atoms with Gasteiger partial charge in [-0.15, -0.1) is 0 Å². The molecule has 0 atom stereocenters. The first-order valence-electron chi connectivity index (χ1n) is 8.60. The number of hydrogen-bond donors (Lipinski definition) is 2. The number of carbonyl (C=O) groups is 1. The fourth-order valence-electron chi connectivity index (χ4n) is 3.11. The molecule has 1 aliphatic heterocycles. The monoisotopic (exact) mass is 353 g/mol. The summed E-state index contributed by atoms with van der Waals surface area (Å²) in [6.07, 6.45) is 3.60. The van der Waals surface area contributed by atoms with Gasteiger partial charge in [-0.3, -0.25) is 4.79 Å². The summed E-state index contributed by atoms with van der Waals surface area (Å²) in [4.78, 5) is 35.0. The summed E-state index contributed by atoms with van der Waals surface area (Å²) in [7, 11) is -3.52. The van der Waals surface area contributed by atoms with Crippen molar-refractivity contribution in [1.29, 1.82) is 0 Å². The number of allylic oxidation sites excluding steroid dienone is 1. The lowest BCUT2D eigenvalue weighted by Gasteiger charge is -2.31. The Labute approximate surface area is 149 Å². The van der Waals surface area contributed by atoms with E-state index in [1.165, 1.54) is 0 Å². The maximum absolute atomic E-state index is 12.4. The molecule has 1 heterocycles. The summed E-state index contributed by atoms with van der Waals surface area (Å²) in [5.74, 6) is 0.343. The third-order valence-electron chi connectivity index (χ3n) is 4.65. The van der Waals surface area contributed by atoms with Crippen LogP contribution in [0.4, 0.5) is 0 Å². The van der Waals surface area contributed by atoms with Crippen molar-refractivity contribution >= 4 is 19.7 Å². The fraction of sp³-hybridized carbons (Fsp3) is 0.250. The van der Waals surface area contributed by atoms with Crippen molar-refractivity contribution in [3.8, 4) is 0 Å².